The highest BCUT2D eigenvalue weighted by molar-refractivity contribution is 6.09. The Hall–Kier alpha value is -2.68. The van der Waals surface area contributed by atoms with Gasteiger partial charge in [0, 0.05) is 16.6 Å². The molecule has 1 heterocycles. The number of nitrogens with zero attached hydrogens (tertiary/aromatic N) is 1. The number of anilines is 1. The van der Waals surface area contributed by atoms with E-state index in [1.165, 1.54) is 0 Å². The SMILES string of the molecule is Nc1cc(C(=O)c2ccccc2)nc2ccccc12. The lowest BCUT2D eigenvalue weighted by Crippen LogP contribution is -2.05. The minimum atomic E-state index is -0.113. The van der Waals surface area contributed by atoms with Gasteiger partial charge >= 0.3 is 0 Å². The molecule has 0 amide bonds. The molecule has 92 valence electrons. The van der Waals surface area contributed by atoms with E-state index in [0.717, 1.165) is 10.9 Å². The Labute approximate surface area is 110 Å². The number of carbonyl (C=O) groups excluding carboxylic acids is 1. The predicted octanol–water partition coefficient (Wildman–Crippen LogP) is 3.05. The van der Waals surface area contributed by atoms with E-state index in [-0.39, 0.29) is 5.78 Å². The standard InChI is InChI=1S/C16H12N2O/c17-13-10-15(16(19)11-6-2-1-3-7-11)18-14-9-5-4-8-12(13)14/h1-10H,(H2,17,18). The van der Waals surface area contributed by atoms with Gasteiger partial charge in [-0.2, -0.15) is 0 Å². The van der Waals surface area contributed by atoms with Crippen LogP contribution in [0, 0.1) is 0 Å². The monoisotopic (exact) mass is 248 g/mol. The first-order valence-corrected chi connectivity index (χ1v) is 6.01. The molecule has 0 aliphatic rings. The number of pyridine rings is 1. The maximum atomic E-state index is 12.3. The van der Waals surface area contributed by atoms with Gasteiger partial charge in [0.1, 0.15) is 5.69 Å². The summed E-state index contributed by atoms with van der Waals surface area (Å²) in [4.78, 5) is 16.7. The van der Waals surface area contributed by atoms with E-state index < -0.39 is 0 Å². The normalized spacial score (nSPS) is 10.5. The van der Waals surface area contributed by atoms with E-state index in [1.807, 2.05) is 42.5 Å². The number of hydrogen-bond donors (Lipinski definition) is 1. The molecular weight excluding hydrogens is 236 g/mol. The summed E-state index contributed by atoms with van der Waals surface area (Å²) in [6.45, 7) is 0. The molecule has 0 saturated carbocycles. The van der Waals surface area contributed by atoms with Crippen molar-refractivity contribution in [2.75, 3.05) is 5.73 Å². The Morgan fingerprint density at radius 3 is 2.42 bits per heavy atom. The molecule has 3 nitrogen and oxygen atoms in total. The van der Waals surface area contributed by atoms with Crippen molar-refractivity contribution in [1.29, 1.82) is 0 Å². The zero-order valence-corrected chi connectivity index (χ0v) is 10.2. The summed E-state index contributed by atoms with van der Waals surface area (Å²) in [5.74, 6) is -0.113. The van der Waals surface area contributed by atoms with Crippen molar-refractivity contribution in [3.63, 3.8) is 0 Å². The maximum Gasteiger partial charge on any atom is 0.211 e. The number of rotatable bonds is 2. The molecule has 1 aromatic heterocycles. The van der Waals surface area contributed by atoms with E-state index >= 15 is 0 Å². The summed E-state index contributed by atoms with van der Waals surface area (Å²) in [7, 11) is 0. The van der Waals surface area contributed by atoms with Crippen molar-refractivity contribution in [3.05, 3.63) is 71.9 Å². The van der Waals surface area contributed by atoms with Crippen LogP contribution >= 0.6 is 0 Å². The van der Waals surface area contributed by atoms with Crippen LogP contribution in [-0.4, -0.2) is 10.8 Å². The fourth-order valence-corrected chi connectivity index (χ4v) is 2.06. The number of fused-ring (bicyclic) bond motifs is 1. The molecular formula is C16H12N2O. The maximum absolute atomic E-state index is 12.3. The first-order chi connectivity index (χ1) is 9.25. The van der Waals surface area contributed by atoms with Crippen molar-refractivity contribution >= 4 is 22.4 Å². The van der Waals surface area contributed by atoms with Crippen LogP contribution in [0.4, 0.5) is 5.69 Å². The molecule has 2 aromatic carbocycles. The van der Waals surface area contributed by atoms with Crippen LogP contribution in [0.3, 0.4) is 0 Å². The zero-order valence-electron chi connectivity index (χ0n) is 10.2. The van der Waals surface area contributed by atoms with Gasteiger partial charge in [0.05, 0.1) is 5.52 Å². The van der Waals surface area contributed by atoms with Crippen molar-refractivity contribution in [3.8, 4) is 0 Å². The second-order valence-corrected chi connectivity index (χ2v) is 4.31. The van der Waals surface area contributed by atoms with Gasteiger partial charge in [-0.05, 0) is 12.1 Å². The summed E-state index contributed by atoms with van der Waals surface area (Å²) in [5, 5.41) is 0.868. The number of benzene rings is 2. The molecule has 0 atom stereocenters. The number of carbonyl (C=O) groups is 1. The quantitative estimate of drug-likeness (QED) is 0.709. The van der Waals surface area contributed by atoms with Crippen LogP contribution in [0.15, 0.2) is 60.7 Å². The second kappa shape index (κ2) is 4.53. The third-order valence-corrected chi connectivity index (χ3v) is 3.02. The van der Waals surface area contributed by atoms with Crippen LogP contribution in [0.1, 0.15) is 16.1 Å². The molecule has 19 heavy (non-hydrogen) atoms. The lowest BCUT2D eigenvalue weighted by atomic mass is 10.1. The van der Waals surface area contributed by atoms with E-state index in [2.05, 4.69) is 4.98 Å². The Balaban J connectivity index is 2.14. The van der Waals surface area contributed by atoms with Crippen molar-refractivity contribution in [1.82, 2.24) is 4.98 Å². The number of hydrogen-bond acceptors (Lipinski definition) is 3. The molecule has 2 N–H and O–H groups in total. The fourth-order valence-electron chi connectivity index (χ4n) is 2.06. The summed E-state index contributed by atoms with van der Waals surface area (Å²) in [6, 6.07) is 18.3. The molecule has 3 rings (SSSR count). The number of aromatic nitrogens is 1. The molecule has 0 saturated heterocycles. The van der Waals surface area contributed by atoms with E-state index in [9.17, 15) is 4.79 Å². The number of nitrogen functional groups attached to an aromatic ring is 1. The Kier molecular flexibility index (Phi) is 2.72. The van der Waals surface area contributed by atoms with Gasteiger partial charge in [-0.1, -0.05) is 48.5 Å². The Morgan fingerprint density at radius 2 is 1.63 bits per heavy atom. The van der Waals surface area contributed by atoms with Crippen LogP contribution in [0.25, 0.3) is 10.9 Å². The molecule has 0 spiro atoms. The van der Waals surface area contributed by atoms with Crippen LogP contribution in [0.5, 0.6) is 0 Å². The average Bonchev–Trinajstić information content (AvgIpc) is 2.47. The Morgan fingerprint density at radius 1 is 0.947 bits per heavy atom. The van der Waals surface area contributed by atoms with Gasteiger partial charge in [-0.3, -0.25) is 4.79 Å². The third kappa shape index (κ3) is 2.06. The van der Waals surface area contributed by atoms with Crippen molar-refractivity contribution in [2.24, 2.45) is 0 Å². The molecule has 0 bridgehead atoms. The van der Waals surface area contributed by atoms with Gasteiger partial charge in [0.2, 0.25) is 5.78 Å². The summed E-state index contributed by atoms with van der Waals surface area (Å²) in [6.07, 6.45) is 0. The molecule has 0 aliphatic carbocycles. The molecule has 0 unspecified atom stereocenters. The number of nitrogens with two attached hydrogens (primary N) is 1. The third-order valence-electron chi connectivity index (χ3n) is 3.02. The lowest BCUT2D eigenvalue weighted by Gasteiger charge is -2.05. The van der Waals surface area contributed by atoms with Gasteiger partial charge in [-0.15, -0.1) is 0 Å². The van der Waals surface area contributed by atoms with Crippen LogP contribution < -0.4 is 5.73 Å². The van der Waals surface area contributed by atoms with Crippen molar-refractivity contribution in [2.45, 2.75) is 0 Å². The van der Waals surface area contributed by atoms with E-state index in [4.69, 9.17) is 5.73 Å². The minimum Gasteiger partial charge on any atom is -0.398 e. The fraction of sp³-hybridized carbons (Fsp3) is 0. The molecule has 0 aliphatic heterocycles. The largest absolute Gasteiger partial charge is 0.398 e. The highest BCUT2D eigenvalue weighted by Gasteiger charge is 2.12. The second-order valence-electron chi connectivity index (χ2n) is 4.31. The Bertz CT molecular complexity index is 751. The number of ketones is 1. The number of para-hydroxylation sites is 1. The smallest absolute Gasteiger partial charge is 0.211 e. The van der Waals surface area contributed by atoms with Crippen LogP contribution in [0.2, 0.25) is 0 Å². The highest BCUT2D eigenvalue weighted by atomic mass is 16.1. The highest BCUT2D eigenvalue weighted by Crippen LogP contribution is 2.21. The van der Waals surface area contributed by atoms with Gasteiger partial charge in [0.15, 0.2) is 0 Å². The molecule has 0 radical (unpaired) electrons. The summed E-state index contributed by atoms with van der Waals surface area (Å²) >= 11 is 0. The predicted molar refractivity (Wildman–Crippen MR) is 76.0 cm³/mol. The van der Waals surface area contributed by atoms with Crippen molar-refractivity contribution < 1.29 is 4.79 Å². The molecule has 3 aromatic rings. The minimum absolute atomic E-state index is 0.113. The van der Waals surface area contributed by atoms with E-state index in [0.29, 0.717) is 16.9 Å². The summed E-state index contributed by atoms with van der Waals surface area (Å²) in [5.41, 5.74) is 8.29. The first-order valence-electron chi connectivity index (χ1n) is 6.01. The summed E-state index contributed by atoms with van der Waals surface area (Å²) < 4.78 is 0. The van der Waals surface area contributed by atoms with Crippen LogP contribution in [-0.2, 0) is 0 Å². The van der Waals surface area contributed by atoms with Gasteiger partial charge < -0.3 is 5.73 Å². The molecule has 0 fully saturated rings. The van der Waals surface area contributed by atoms with Gasteiger partial charge in [-0.25, -0.2) is 4.98 Å². The zero-order chi connectivity index (χ0) is 13.2. The molecule has 3 heteroatoms. The lowest BCUT2D eigenvalue weighted by molar-refractivity contribution is 0.103. The topological polar surface area (TPSA) is 56.0 Å². The average molecular weight is 248 g/mol. The van der Waals surface area contributed by atoms with E-state index in [1.54, 1.807) is 18.2 Å². The van der Waals surface area contributed by atoms with Gasteiger partial charge in [0.25, 0.3) is 0 Å². The first kappa shape index (κ1) is 11.4.